The first-order chi connectivity index (χ1) is 22.8. The first kappa shape index (κ1) is 33.5. The number of hydrogen-bond donors (Lipinski definition) is 1. The predicted octanol–water partition coefficient (Wildman–Crippen LogP) is 8.28. The number of anilines is 1. The molecule has 4 heterocycles. The third-order valence-electron chi connectivity index (χ3n) is 8.45. The lowest BCUT2D eigenvalue weighted by Crippen LogP contribution is -2.40. The zero-order valence-electron chi connectivity index (χ0n) is 27.2. The van der Waals surface area contributed by atoms with Gasteiger partial charge in [-0.25, -0.2) is 14.5 Å². The second-order valence-corrected chi connectivity index (χ2v) is 13.3. The number of ether oxygens (including phenoxy) is 2. The van der Waals surface area contributed by atoms with Crippen molar-refractivity contribution < 1.29 is 31.8 Å². The Hall–Kier alpha value is -4.45. The number of carbonyl (C=O) groups excluding carboxylic acids is 1. The van der Waals surface area contributed by atoms with Crippen molar-refractivity contribution in [3.63, 3.8) is 0 Å². The largest absolute Gasteiger partial charge is 0.444 e. The number of allylic oxidation sites excluding steroid dienone is 1. The van der Waals surface area contributed by atoms with Crippen LogP contribution >= 0.6 is 0 Å². The number of amides is 1. The summed E-state index contributed by atoms with van der Waals surface area (Å²) in [6.07, 6.45) is -1.83. The van der Waals surface area contributed by atoms with Crippen molar-refractivity contribution in [1.29, 1.82) is 0 Å². The number of carbonyl (C=O) groups is 1. The van der Waals surface area contributed by atoms with Gasteiger partial charge < -0.3 is 19.7 Å². The van der Waals surface area contributed by atoms with Gasteiger partial charge in [-0.15, -0.1) is 5.10 Å². The number of pyridine rings is 1. The predicted molar refractivity (Wildman–Crippen MR) is 176 cm³/mol. The van der Waals surface area contributed by atoms with Gasteiger partial charge in [0, 0.05) is 31.5 Å². The number of nitrogens with zero attached hydrogens (tertiary/aromatic N) is 4. The van der Waals surface area contributed by atoms with Crippen LogP contribution in [0.5, 0.6) is 0 Å². The number of benzene rings is 2. The van der Waals surface area contributed by atoms with Gasteiger partial charge in [-0.3, -0.25) is 0 Å². The van der Waals surface area contributed by atoms with E-state index in [9.17, 15) is 18.0 Å². The van der Waals surface area contributed by atoms with Crippen molar-refractivity contribution in [3.05, 3.63) is 89.5 Å². The fourth-order valence-corrected chi connectivity index (χ4v) is 6.37. The van der Waals surface area contributed by atoms with Crippen LogP contribution in [-0.2, 0) is 9.47 Å². The van der Waals surface area contributed by atoms with E-state index in [1.165, 1.54) is 4.68 Å². The van der Waals surface area contributed by atoms with Crippen LogP contribution < -0.4 is 10.2 Å². The van der Waals surface area contributed by atoms with Gasteiger partial charge in [-0.2, -0.15) is 17.6 Å². The van der Waals surface area contributed by atoms with Gasteiger partial charge in [0.2, 0.25) is 5.95 Å². The lowest BCUT2D eigenvalue weighted by Gasteiger charge is -2.23. The number of nitrogens with one attached hydrogen (secondary N) is 1. The lowest BCUT2D eigenvalue weighted by molar-refractivity contribution is -0.122. The Morgan fingerprint density at radius 1 is 1.00 bits per heavy atom. The lowest BCUT2D eigenvalue weighted by atomic mass is 9.88. The summed E-state index contributed by atoms with van der Waals surface area (Å²) >= 11 is 0. The molecule has 0 saturated carbocycles. The summed E-state index contributed by atoms with van der Waals surface area (Å²) < 4.78 is 70.8. The van der Waals surface area contributed by atoms with Crippen molar-refractivity contribution in [2.75, 3.05) is 24.6 Å². The SMILES string of the molecule is CC(C)(C)OC(=O)N[C@H]1CCN(c2ccc(/C(=C(/CC(F)(F)F)c3ccccc3)c3ccc4c(c3)c(F)nn4C3CCCCO3)cn2)C1. The average molecular weight is 666 g/mol. The highest BCUT2D eigenvalue weighted by Crippen LogP contribution is 2.41. The van der Waals surface area contributed by atoms with Crippen molar-refractivity contribution in [2.45, 2.75) is 76.9 Å². The van der Waals surface area contributed by atoms with E-state index >= 15 is 4.39 Å². The molecule has 0 spiro atoms. The van der Waals surface area contributed by atoms with E-state index in [2.05, 4.69) is 15.4 Å². The highest BCUT2D eigenvalue weighted by atomic mass is 19.4. The van der Waals surface area contributed by atoms with E-state index in [0.717, 1.165) is 12.8 Å². The van der Waals surface area contributed by atoms with E-state index < -0.39 is 36.5 Å². The van der Waals surface area contributed by atoms with E-state index in [1.807, 2.05) is 4.90 Å². The first-order valence-electron chi connectivity index (χ1n) is 16.2. The van der Waals surface area contributed by atoms with Crippen LogP contribution in [0.25, 0.3) is 22.0 Å². The van der Waals surface area contributed by atoms with Crippen molar-refractivity contribution in [3.8, 4) is 0 Å². The van der Waals surface area contributed by atoms with E-state index in [0.29, 0.717) is 66.1 Å². The summed E-state index contributed by atoms with van der Waals surface area (Å²) in [6.45, 7) is 7.08. The number of fused-ring (bicyclic) bond motifs is 1. The van der Waals surface area contributed by atoms with Gasteiger partial charge in [0.25, 0.3) is 0 Å². The average Bonchev–Trinajstić information content (AvgIpc) is 3.64. The fourth-order valence-electron chi connectivity index (χ4n) is 6.37. The summed E-state index contributed by atoms with van der Waals surface area (Å²) in [5.41, 5.74) is 1.50. The van der Waals surface area contributed by atoms with Gasteiger partial charge in [-0.05, 0) is 93.0 Å². The van der Waals surface area contributed by atoms with Gasteiger partial charge in [0.05, 0.1) is 23.4 Å². The van der Waals surface area contributed by atoms with Crippen LogP contribution in [0.4, 0.5) is 28.2 Å². The molecule has 2 aromatic carbocycles. The van der Waals surface area contributed by atoms with Crippen LogP contribution in [0.3, 0.4) is 0 Å². The van der Waals surface area contributed by atoms with Crippen molar-refractivity contribution >= 4 is 34.0 Å². The van der Waals surface area contributed by atoms with E-state index in [4.69, 9.17) is 9.47 Å². The standard InChI is InChI=1S/C36H39F4N5O3/c1-35(2,3)48-34(46)42-26-16-17-44(22-26)30-15-13-25(21-41-30)32(28(20-36(38,39)40)23-9-5-4-6-10-23)24-12-14-29-27(19-24)33(37)43-45(29)31-11-7-8-18-47-31/h4-6,9-10,12-15,19,21,26,31H,7-8,11,16-18,20,22H2,1-3H3,(H,42,46)/b32-28-/t26-,31?/m0/s1. The maximum absolute atomic E-state index is 15.4. The monoisotopic (exact) mass is 665 g/mol. The number of hydrogen-bond acceptors (Lipinski definition) is 6. The molecule has 6 rings (SSSR count). The van der Waals surface area contributed by atoms with Crippen molar-refractivity contribution in [1.82, 2.24) is 20.1 Å². The zero-order valence-corrected chi connectivity index (χ0v) is 27.2. The molecular formula is C36H39F4N5O3. The molecule has 2 atom stereocenters. The molecule has 1 N–H and O–H groups in total. The van der Waals surface area contributed by atoms with Crippen molar-refractivity contribution in [2.24, 2.45) is 0 Å². The maximum atomic E-state index is 15.4. The van der Waals surface area contributed by atoms with Crippen LogP contribution in [0.1, 0.15) is 75.8 Å². The molecule has 12 heteroatoms. The van der Waals surface area contributed by atoms with Gasteiger partial charge >= 0.3 is 12.3 Å². The molecule has 2 aliphatic heterocycles. The maximum Gasteiger partial charge on any atom is 0.407 e. The Kier molecular flexibility index (Phi) is 9.46. The van der Waals surface area contributed by atoms with Crippen LogP contribution in [0.15, 0.2) is 66.9 Å². The summed E-state index contributed by atoms with van der Waals surface area (Å²) in [6, 6.07) is 16.7. The Bertz CT molecular complexity index is 1780. The molecule has 1 amide bonds. The zero-order chi connectivity index (χ0) is 34.1. The Labute approximate surface area is 276 Å². The Morgan fingerprint density at radius 3 is 2.44 bits per heavy atom. The minimum Gasteiger partial charge on any atom is -0.444 e. The molecule has 254 valence electrons. The molecule has 2 saturated heterocycles. The highest BCUT2D eigenvalue weighted by Gasteiger charge is 2.32. The van der Waals surface area contributed by atoms with Gasteiger partial charge in [0.15, 0.2) is 6.23 Å². The van der Waals surface area contributed by atoms with E-state index in [-0.39, 0.29) is 17.0 Å². The van der Waals surface area contributed by atoms with Crippen LogP contribution in [-0.4, -0.2) is 58.4 Å². The molecule has 0 aliphatic carbocycles. The molecule has 2 fully saturated rings. The molecule has 8 nitrogen and oxygen atoms in total. The van der Waals surface area contributed by atoms with Gasteiger partial charge in [-0.1, -0.05) is 36.4 Å². The topological polar surface area (TPSA) is 81.5 Å². The Balaban J connectivity index is 1.38. The first-order valence-corrected chi connectivity index (χ1v) is 16.2. The smallest absolute Gasteiger partial charge is 0.407 e. The summed E-state index contributed by atoms with van der Waals surface area (Å²) in [5.74, 6) is -0.0894. The molecular weight excluding hydrogens is 626 g/mol. The molecule has 2 aromatic heterocycles. The number of alkyl halides is 3. The van der Waals surface area contributed by atoms with Gasteiger partial charge in [0.1, 0.15) is 11.4 Å². The van der Waals surface area contributed by atoms with E-state index in [1.54, 1.807) is 87.6 Å². The molecule has 4 aromatic rings. The fraction of sp³-hybridized carbons (Fsp3) is 0.417. The third kappa shape index (κ3) is 7.81. The third-order valence-corrected chi connectivity index (χ3v) is 8.45. The summed E-state index contributed by atoms with van der Waals surface area (Å²) in [7, 11) is 0. The quantitative estimate of drug-likeness (QED) is 0.158. The van der Waals surface area contributed by atoms with Crippen LogP contribution in [0, 0.1) is 5.95 Å². The minimum atomic E-state index is -4.52. The highest BCUT2D eigenvalue weighted by molar-refractivity contribution is 6.00. The molecule has 48 heavy (non-hydrogen) atoms. The normalized spacial score (nSPS) is 19.4. The molecule has 2 aliphatic rings. The number of rotatable bonds is 7. The molecule has 1 unspecified atom stereocenters. The molecule has 0 bridgehead atoms. The second-order valence-electron chi connectivity index (χ2n) is 13.3. The number of halogens is 4. The summed E-state index contributed by atoms with van der Waals surface area (Å²) in [4.78, 5) is 19.0. The minimum absolute atomic E-state index is 0.0446. The molecule has 0 radical (unpaired) electrons. The summed E-state index contributed by atoms with van der Waals surface area (Å²) in [5, 5.41) is 7.21. The number of aromatic nitrogens is 3. The van der Waals surface area contributed by atoms with Crippen LogP contribution in [0.2, 0.25) is 0 Å². The number of alkyl carbamates (subject to hydrolysis) is 1. The second kappa shape index (κ2) is 13.6. The Morgan fingerprint density at radius 2 is 1.77 bits per heavy atom.